The lowest BCUT2D eigenvalue weighted by Crippen LogP contribution is -2.13. The Kier molecular flexibility index (Phi) is 6.71. The summed E-state index contributed by atoms with van der Waals surface area (Å²) < 4.78 is 0. The summed E-state index contributed by atoms with van der Waals surface area (Å²) >= 11 is 8.07. The molecule has 5 heteroatoms. The van der Waals surface area contributed by atoms with Crippen LogP contribution >= 0.6 is 23.4 Å². The molecule has 0 unspecified atom stereocenters. The largest absolute Gasteiger partial charge is 0.399 e. The van der Waals surface area contributed by atoms with E-state index in [0.29, 0.717) is 22.8 Å². The summed E-state index contributed by atoms with van der Waals surface area (Å²) in [6.45, 7) is 0. The maximum Gasteiger partial charge on any atom is 0.224 e. The van der Waals surface area contributed by atoms with Crippen LogP contribution < -0.4 is 11.1 Å². The number of nitrogens with one attached hydrogen (secondary N) is 1. The quantitative estimate of drug-likeness (QED) is 0.588. The highest BCUT2D eigenvalue weighted by Gasteiger charge is 2.13. The highest BCUT2D eigenvalue weighted by atomic mass is 35.5. The van der Waals surface area contributed by atoms with Crippen molar-refractivity contribution >= 4 is 40.6 Å². The van der Waals surface area contributed by atoms with Gasteiger partial charge in [-0.05, 0) is 43.2 Å². The molecule has 0 atom stereocenters. The topological polar surface area (TPSA) is 55.1 Å². The molecule has 1 aliphatic rings. The Balaban J connectivity index is 1.65. The van der Waals surface area contributed by atoms with Gasteiger partial charge in [-0.2, -0.15) is 11.8 Å². The first-order valence-corrected chi connectivity index (χ1v) is 9.04. The summed E-state index contributed by atoms with van der Waals surface area (Å²) in [4.78, 5) is 11.9. The lowest BCUT2D eigenvalue weighted by Gasteiger charge is -2.20. The molecule has 0 radical (unpaired) electrons. The van der Waals surface area contributed by atoms with E-state index in [4.69, 9.17) is 17.3 Å². The van der Waals surface area contributed by atoms with E-state index < -0.39 is 0 Å². The van der Waals surface area contributed by atoms with Crippen LogP contribution in [0.1, 0.15) is 44.9 Å². The number of carbonyl (C=O) groups is 1. The van der Waals surface area contributed by atoms with E-state index in [1.807, 2.05) is 11.8 Å². The third-order valence-corrected chi connectivity index (χ3v) is 5.50. The molecule has 21 heavy (non-hydrogen) atoms. The molecule has 1 aliphatic carbocycles. The number of hydrogen-bond acceptors (Lipinski definition) is 3. The molecule has 0 bridgehead atoms. The number of carbonyl (C=O) groups excluding carboxylic acids is 1. The summed E-state index contributed by atoms with van der Waals surface area (Å²) in [6, 6.07) is 5.13. The second-order valence-electron chi connectivity index (χ2n) is 5.52. The molecule has 0 heterocycles. The number of thioether (sulfide) groups is 1. The summed E-state index contributed by atoms with van der Waals surface area (Å²) in [6.07, 6.45) is 8.28. The normalized spacial score (nSPS) is 15.9. The third-order valence-electron chi connectivity index (χ3n) is 3.72. The first kappa shape index (κ1) is 16.5. The molecule has 2 rings (SSSR count). The van der Waals surface area contributed by atoms with E-state index in [9.17, 15) is 4.79 Å². The third kappa shape index (κ3) is 5.79. The van der Waals surface area contributed by atoms with Crippen LogP contribution in [0.5, 0.6) is 0 Å². The van der Waals surface area contributed by atoms with Crippen molar-refractivity contribution in [1.29, 1.82) is 0 Å². The first-order valence-electron chi connectivity index (χ1n) is 7.61. The minimum absolute atomic E-state index is 0.0194. The fourth-order valence-electron chi connectivity index (χ4n) is 2.56. The van der Waals surface area contributed by atoms with Crippen LogP contribution in [0, 0.1) is 0 Å². The maximum atomic E-state index is 11.9. The van der Waals surface area contributed by atoms with E-state index in [0.717, 1.165) is 17.4 Å². The fraction of sp³-hybridized carbons (Fsp3) is 0.562. The SMILES string of the molecule is Nc1ccc(NC(=O)CCCSC2CCCCC2)c(Cl)c1. The smallest absolute Gasteiger partial charge is 0.224 e. The lowest BCUT2D eigenvalue weighted by molar-refractivity contribution is -0.116. The molecule has 0 aromatic heterocycles. The van der Waals surface area contributed by atoms with Crippen LogP contribution in [-0.4, -0.2) is 16.9 Å². The molecule has 1 aromatic carbocycles. The molecule has 1 amide bonds. The maximum absolute atomic E-state index is 11.9. The molecule has 1 fully saturated rings. The molecule has 3 N–H and O–H groups in total. The summed E-state index contributed by atoms with van der Waals surface area (Å²) in [5.74, 6) is 1.08. The van der Waals surface area contributed by atoms with Crippen molar-refractivity contribution in [3.63, 3.8) is 0 Å². The Morgan fingerprint density at radius 1 is 1.33 bits per heavy atom. The zero-order valence-electron chi connectivity index (χ0n) is 12.2. The van der Waals surface area contributed by atoms with E-state index in [-0.39, 0.29) is 5.91 Å². The van der Waals surface area contributed by atoms with Crippen LogP contribution in [0.4, 0.5) is 11.4 Å². The second kappa shape index (κ2) is 8.54. The van der Waals surface area contributed by atoms with Crippen molar-refractivity contribution < 1.29 is 4.79 Å². The van der Waals surface area contributed by atoms with Crippen LogP contribution in [0.2, 0.25) is 5.02 Å². The molecule has 0 aliphatic heterocycles. The molecule has 116 valence electrons. The van der Waals surface area contributed by atoms with Gasteiger partial charge in [0.2, 0.25) is 5.91 Å². The van der Waals surface area contributed by atoms with Crippen molar-refractivity contribution in [2.24, 2.45) is 0 Å². The predicted octanol–water partition coefficient (Wildman–Crippen LogP) is 4.71. The van der Waals surface area contributed by atoms with Crippen molar-refractivity contribution in [2.45, 2.75) is 50.2 Å². The predicted molar refractivity (Wildman–Crippen MR) is 93.1 cm³/mol. The van der Waals surface area contributed by atoms with E-state index in [1.165, 1.54) is 32.1 Å². The van der Waals surface area contributed by atoms with E-state index in [1.54, 1.807) is 18.2 Å². The van der Waals surface area contributed by atoms with Crippen molar-refractivity contribution in [3.05, 3.63) is 23.2 Å². The van der Waals surface area contributed by atoms with Gasteiger partial charge in [-0.1, -0.05) is 30.9 Å². The van der Waals surface area contributed by atoms with Gasteiger partial charge < -0.3 is 11.1 Å². The van der Waals surface area contributed by atoms with Crippen LogP contribution in [0.25, 0.3) is 0 Å². The molecule has 1 aromatic rings. The number of anilines is 2. The van der Waals surface area contributed by atoms with Gasteiger partial charge >= 0.3 is 0 Å². The Bertz CT molecular complexity index is 475. The zero-order valence-corrected chi connectivity index (χ0v) is 13.8. The number of amides is 1. The van der Waals surface area contributed by atoms with Crippen molar-refractivity contribution in [3.8, 4) is 0 Å². The van der Waals surface area contributed by atoms with Crippen LogP contribution in [-0.2, 0) is 4.79 Å². The monoisotopic (exact) mass is 326 g/mol. The fourth-order valence-corrected chi connectivity index (χ4v) is 4.11. The second-order valence-corrected chi connectivity index (χ2v) is 7.34. The number of rotatable bonds is 6. The Morgan fingerprint density at radius 2 is 2.10 bits per heavy atom. The highest BCUT2D eigenvalue weighted by Crippen LogP contribution is 2.29. The molecule has 0 spiro atoms. The molecule has 1 saturated carbocycles. The lowest BCUT2D eigenvalue weighted by atomic mass is 10.0. The van der Waals surface area contributed by atoms with Crippen LogP contribution in [0.3, 0.4) is 0 Å². The zero-order chi connectivity index (χ0) is 15.1. The molecule has 3 nitrogen and oxygen atoms in total. The minimum atomic E-state index is 0.0194. The van der Waals surface area contributed by atoms with Gasteiger partial charge in [0, 0.05) is 17.4 Å². The summed E-state index contributed by atoms with van der Waals surface area (Å²) in [5.41, 5.74) is 6.86. The summed E-state index contributed by atoms with van der Waals surface area (Å²) in [7, 11) is 0. The Hall–Kier alpha value is -0.870. The van der Waals surface area contributed by atoms with Crippen molar-refractivity contribution in [2.75, 3.05) is 16.8 Å². The average molecular weight is 327 g/mol. The van der Waals surface area contributed by atoms with Gasteiger partial charge in [0.05, 0.1) is 10.7 Å². The van der Waals surface area contributed by atoms with Crippen LogP contribution in [0.15, 0.2) is 18.2 Å². The minimum Gasteiger partial charge on any atom is -0.399 e. The number of halogens is 1. The van der Waals surface area contributed by atoms with Gasteiger partial charge in [0.25, 0.3) is 0 Å². The van der Waals surface area contributed by atoms with Gasteiger partial charge in [-0.3, -0.25) is 4.79 Å². The van der Waals surface area contributed by atoms with E-state index >= 15 is 0 Å². The standard InChI is InChI=1S/C16H23ClN2OS/c17-14-11-12(18)8-9-15(14)19-16(20)7-4-10-21-13-5-2-1-3-6-13/h8-9,11,13H,1-7,10,18H2,(H,19,20). The van der Waals surface area contributed by atoms with Gasteiger partial charge in [-0.15, -0.1) is 0 Å². The average Bonchev–Trinajstić information content (AvgIpc) is 2.48. The molecular weight excluding hydrogens is 304 g/mol. The first-order chi connectivity index (χ1) is 10.1. The van der Waals surface area contributed by atoms with E-state index in [2.05, 4.69) is 5.32 Å². The van der Waals surface area contributed by atoms with Crippen molar-refractivity contribution in [1.82, 2.24) is 0 Å². The summed E-state index contributed by atoms with van der Waals surface area (Å²) in [5, 5.41) is 4.14. The highest BCUT2D eigenvalue weighted by molar-refractivity contribution is 7.99. The molecule has 0 saturated heterocycles. The number of benzene rings is 1. The van der Waals surface area contributed by atoms with Gasteiger partial charge in [-0.25, -0.2) is 0 Å². The Labute approximate surface area is 136 Å². The molecular formula is C16H23ClN2OS. The number of hydrogen-bond donors (Lipinski definition) is 2. The number of nitrogen functional groups attached to an aromatic ring is 1. The Morgan fingerprint density at radius 3 is 2.81 bits per heavy atom. The number of nitrogens with two attached hydrogens (primary N) is 1. The van der Waals surface area contributed by atoms with Gasteiger partial charge in [0.1, 0.15) is 0 Å². The van der Waals surface area contributed by atoms with Gasteiger partial charge in [0.15, 0.2) is 0 Å².